The third-order valence-corrected chi connectivity index (χ3v) is 4.15. The van der Waals surface area contributed by atoms with Crippen LogP contribution >= 0.6 is 0 Å². The van der Waals surface area contributed by atoms with E-state index in [2.05, 4.69) is 15.2 Å². The number of nitrogens with two attached hydrogens (primary N) is 1. The lowest BCUT2D eigenvalue weighted by molar-refractivity contribution is -0.122. The van der Waals surface area contributed by atoms with Gasteiger partial charge in [0, 0.05) is 25.8 Å². The quantitative estimate of drug-likeness (QED) is 0.886. The Hall–Kier alpha value is -2.40. The van der Waals surface area contributed by atoms with Crippen LogP contribution in [0.3, 0.4) is 0 Å². The molecule has 1 aliphatic heterocycles. The molecule has 1 aromatic heterocycles. The summed E-state index contributed by atoms with van der Waals surface area (Å²) in [5.74, 6) is 0.817. The maximum Gasteiger partial charge on any atom is 0.241 e. The second-order valence-electron chi connectivity index (χ2n) is 5.82. The molecule has 1 amide bonds. The molecule has 1 unspecified atom stereocenters. The first kappa shape index (κ1) is 15.5. The Bertz CT molecular complexity index is 653. The maximum absolute atomic E-state index is 12.2. The van der Waals surface area contributed by atoms with Gasteiger partial charge in [-0.1, -0.05) is 30.3 Å². The van der Waals surface area contributed by atoms with Crippen LogP contribution in [0.1, 0.15) is 30.0 Å². The van der Waals surface area contributed by atoms with Gasteiger partial charge in [-0.25, -0.2) is 4.98 Å². The molecule has 3 N–H and O–H groups in total. The molecule has 0 spiro atoms. The summed E-state index contributed by atoms with van der Waals surface area (Å²) in [5.41, 5.74) is 7.85. The summed E-state index contributed by atoms with van der Waals surface area (Å²) in [6.45, 7) is 2.58. The molecular formula is C18H22N4O. The number of aromatic nitrogens is 1. The Kier molecular flexibility index (Phi) is 4.88. The zero-order valence-corrected chi connectivity index (χ0v) is 13.1. The van der Waals surface area contributed by atoms with Gasteiger partial charge >= 0.3 is 0 Å². The highest BCUT2D eigenvalue weighted by Crippen LogP contribution is 2.18. The van der Waals surface area contributed by atoms with Crippen molar-refractivity contribution < 1.29 is 4.79 Å². The summed E-state index contributed by atoms with van der Waals surface area (Å²) < 4.78 is 0. The minimum Gasteiger partial charge on any atom is -0.357 e. The van der Waals surface area contributed by atoms with Crippen LogP contribution < -0.4 is 16.0 Å². The second-order valence-corrected chi connectivity index (χ2v) is 5.82. The number of benzene rings is 1. The number of amides is 1. The molecule has 23 heavy (non-hydrogen) atoms. The molecule has 3 rings (SSSR count). The Morgan fingerprint density at radius 3 is 2.70 bits per heavy atom. The predicted octanol–water partition coefficient (Wildman–Crippen LogP) is 2.00. The van der Waals surface area contributed by atoms with Crippen molar-refractivity contribution in [3.8, 4) is 0 Å². The fourth-order valence-electron chi connectivity index (χ4n) is 2.80. The molecule has 1 fully saturated rings. The van der Waals surface area contributed by atoms with E-state index in [1.165, 1.54) is 12.8 Å². The molecule has 0 radical (unpaired) electrons. The van der Waals surface area contributed by atoms with Crippen LogP contribution in [0, 0.1) is 0 Å². The van der Waals surface area contributed by atoms with Gasteiger partial charge in [-0.15, -0.1) is 0 Å². The minimum absolute atomic E-state index is 0.171. The Morgan fingerprint density at radius 2 is 1.96 bits per heavy atom. The molecule has 2 heterocycles. The van der Waals surface area contributed by atoms with Gasteiger partial charge in [0.1, 0.15) is 11.9 Å². The summed E-state index contributed by atoms with van der Waals surface area (Å²) in [5, 5.41) is 2.90. The van der Waals surface area contributed by atoms with E-state index in [-0.39, 0.29) is 5.91 Å². The van der Waals surface area contributed by atoms with Crippen LogP contribution in [0.4, 0.5) is 5.82 Å². The number of nitrogens with one attached hydrogen (secondary N) is 1. The van der Waals surface area contributed by atoms with Crippen LogP contribution in [-0.2, 0) is 11.3 Å². The first-order valence-electron chi connectivity index (χ1n) is 8.02. The van der Waals surface area contributed by atoms with Crippen LogP contribution in [-0.4, -0.2) is 24.0 Å². The standard InChI is InChI=1S/C18H22N4O/c19-17(15-6-2-1-3-7-15)18(23)21-13-14-8-9-20-16(12-14)22-10-4-5-11-22/h1-3,6-9,12,17H,4-5,10-11,13,19H2,(H,21,23). The van der Waals surface area contributed by atoms with E-state index in [1.807, 2.05) is 42.5 Å². The average molecular weight is 310 g/mol. The summed E-state index contributed by atoms with van der Waals surface area (Å²) >= 11 is 0. The highest BCUT2D eigenvalue weighted by Gasteiger charge is 2.16. The topological polar surface area (TPSA) is 71.2 Å². The molecule has 5 heteroatoms. The van der Waals surface area contributed by atoms with Gasteiger partial charge < -0.3 is 16.0 Å². The Morgan fingerprint density at radius 1 is 1.22 bits per heavy atom. The van der Waals surface area contributed by atoms with Crippen LogP contribution in [0.15, 0.2) is 48.7 Å². The largest absolute Gasteiger partial charge is 0.357 e. The first-order chi connectivity index (χ1) is 11.2. The summed E-state index contributed by atoms with van der Waals surface area (Å²) in [7, 11) is 0. The van der Waals surface area contributed by atoms with Crippen LogP contribution in [0.5, 0.6) is 0 Å². The van der Waals surface area contributed by atoms with Gasteiger partial charge in [-0.05, 0) is 36.1 Å². The van der Waals surface area contributed by atoms with E-state index in [0.29, 0.717) is 6.54 Å². The van der Waals surface area contributed by atoms with Crippen molar-refractivity contribution in [2.24, 2.45) is 5.73 Å². The Balaban J connectivity index is 1.59. The molecule has 0 aliphatic carbocycles. The lowest BCUT2D eigenvalue weighted by Crippen LogP contribution is -2.33. The molecule has 1 saturated heterocycles. The summed E-state index contributed by atoms with van der Waals surface area (Å²) in [6, 6.07) is 12.7. The number of rotatable bonds is 5. The summed E-state index contributed by atoms with van der Waals surface area (Å²) in [4.78, 5) is 18.9. The van der Waals surface area contributed by atoms with Crippen molar-refractivity contribution >= 4 is 11.7 Å². The molecule has 0 saturated carbocycles. The molecular weight excluding hydrogens is 288 g/mol. The van der Waals surface area contributed by atoms with Gasteiger partial charge in [0.25, 0.3) is 0 Å². The van der Waals surface area contributed by atoms with E-state index in [4.69, 9.17) is 5.73 Å². The number of carbonyl (C=O) groups excluding carboxylic acids is 1. The van der Waals surface area contributed by atoms with E-state index in [9.17, 15) is 4.79 Å². The van der Waals surface area contributed by atoms with Crippen molar-refractivity contribution in [2.45, 2.75) is 25.4 Å². The van der Waals surface area contributed by atoms with Crippen LogP contribution in [0.25, 0.3) is 0 Å². The molecule has 1 aliphatic rings. The number of pyridine rings is 1. The third-order valence-electron chi connectivity index (χ3n) is 4.15. The maximum atomic E-state index is 12.2. The lowest BCUT2D eigenvalue weighted by atomic mass is 10.1. The van der Waals surface area contributed by atoms with Gasteiger partial charge in [0.2, 0.25) is 5.91 Å². The third kappa shape index (κ3) is 3.87. The predicted molar refractivity (Wildman–Crippen MR) is 90.9 cm³/mol. The fraction of sp³-hybridized carbons (Fsp3) is 0.333. The smallest absolute Gasteiger partial charge is 0.241 e. The van der Waals surface area contributed by atoms with E-state index >= 15 is 0 Å². The average Bonchev–Trinajstić information content (AvgIpc) is 3.15. The van der Waals surface area contributed by atoms with Gasteiger partial charge in [0.15, 0.2) is 0 Å². The highest BCUT2D eigenvalue weighted by atomic mass is 16.2. The number of hydrogen-bond acceptors (Lipinski definition) is 4. The summed E-state index contributed by atoms with van der Waals surface area (Å²) in [6.07, 6.45) is 4.23. The second kappa shape index (κ2) is 7.24. The van der Waals surface area contributed by atoms with Crippen molar-refractivity contribution in [3.63, 3.8) is 0 Å². The molecule has 120 valence electrons. The number of hydrogen-bond donors (Lipinski definition) is 2. The van der Waals surface area contributed by atoms with Crippen molar-refractivity contribution in [1.82, 2.24) is 10.3 Å². The van der Waals surface area contributed by atoms with Crippen LogP contribution in [0.2, 0.25) is 0 Å². The molecule has 5 nitrogen and oxygen atoms in total. The number of anilines is 1. The lowest BCUT2D eigenvalue weighted by Gasteiger charge is -2.17. The van der Waals surface area contributed by atoms with Crippen molar-refractivity contribution in [2.75, 3.05) is 18.0 Å². The molecule has 1 atom stereocenters. The first-order valence-corrected chi connectivity index (χ1v) is 8.02. The van der Waals surface area contributed by atoms with Crippen molar-refractivity contribution in [1.29, 1.82) is 0 Å². The SMILES string of the molecule is NC(C(=O)NCc1ccnc(N2CCCC2)c1)c1ccccc1. The highest BCUT2D eigenvalue weighted by molar-refractivity contribution is 5.82. The van der Waals surface area contributed by atoms with Gasteiger partial charge in [-0.3, -0.25) is 4.79 Å². The van der Waals surface area contributed by atoms with Gasteiger partial charge in [0.05, 0.1) is 0 Å². The van der Waals surface area contributed by atoms with Crippen molar-refractivity contribution in [3.05, 3.63) is 59.8 Å². The van der Waals surface area contributed by atoms with E-state index < -0.39 is 6.04 Å². The molecule has 2 aromatic rings. The monoisotopic (exact) mass is 310 g/mol. The van der Waals surface area contributed by atoms with E-state index in [1.54, 1.807) is 6.20 Å². The zero-order chi connectivity index (χ0) is 16.1. The molecule has 0 bridgehead atoms. The molecule has 1 aromatic carbocycles. The minimum atomic E-state index is -0.643. The normalized spacial score (nSPS) is 15.4. The Labute approximate surface area is 136 Å². The van der Waals surface area contributed by atoms with E-state index in [0.717, 1.165) is 30.0 Å². The fourth-order valence-corrected chi connectivity index (χ4v) is 2.80. The number of carbonyl (C=O) groups is 1. The number of nitrogens with zero attached hydrogens (tertiary/aromatic N) is 2. The van der Waals surface area contributed by atoms with Gasteiger partial charge in [-0.2, -0.15) is 0 Å². The zero-order valence-electron chi connectivity index (χ0n) is 13.1.